The third-order valence-corrected chi connectivity index (χ3v) is 4.71. The summed E-state index contributed by atoms with van der Waals surface area (Å²) >= 11 is 0. The van der Waals surface area contributed by atoms with Gasteiger partial charge in [-0.05, 0) is 30.9 Å². The number of nitrogens with one attached hydrogen (secondary N) is 1. The topological polar surface area (TPSA) is 71.1 Å². The summed E-state index contributed by atoms with van der Waals surface area (Å²) in [6, 6.07) is 8.27. The molecule has 0 spiro atoms. The van der Waals surface area contributed by atoms with Gasteiger partial charge in [0.2, 0.25) is 5.91 Å². The zero-order chi connectivity index (χ0) is 15.8. The Balaban J connectivity index is 1.51. The number of morpholine rings is 1. The second-order valence-electron chi connectivity index (χ2n) is 6.21. The standard InChI is InChI=1S/C17H20N4O2/c1-11-18-16(20-19-11)15-10-21(8-9-23-15)17(22)14-7-6-12-4-2-3-5-13(12)14/h2-5,14-15H,6-10H2,1H3,(H,18,19,20)/t14-,15-/m0/s1. The summed E-state index contributed by atoms with van der Waals surface area (Å²) in [7, 11) is 0. The Morgan fingerprint density at radius 2 is 2.26 bits per heavy atom. The average molecular weight is 312 g/mol. The second kappa shape index (κ2) is 5.77. The van der Waals surface area contributed by atoms with Crippen molar-refractivity contribution < 1.29 is 9.53 Å². The third kappa shape index (κ3) is 2.63. The Kier molecular flexibility index (Phi) is 3.61. The van der Waals surface area contributed by atoms with Crippen molar-refractivity contribution in [2.24, 2.45) is 0 Å². The number of carbonyl (C=O) groups excluding carboxylic acids is 1. The van der Waals surface area contributed by atoms with E-state index in [1.54, 1.807) is 0 Å². The summed E-state index contributed by atoms with van der Waals surface area (Å²) < 4.78 is 5.75. The van der Waals surface area contributed by atoms with Crippen molar-refractivity contribution >= 4 is 5.91 Å². The van der Waals surface area contributed by atoms with Gasteiger partial charge >= 0.3 is 0 Å². The van der Waals surface area contributed by atoms with Gasteiger partial charge in [0.25, 0.3) is 0 Å². The van der Waals surface area contributed by atoms with E-state index in [0.717, 1.165) is 18.7 Å². The zero-order valence-corrected chi connectivity index (χ0v) is 13.2. The maximum absolute atomic E-state index is 13.0. The van der Waals surface area contributed by atoms with Crippen molar-refractivity contribution in [3.05, 3.63) is 47.0 Å². The summed E-state index contributed by atoms with van der Waals surface area (Å²) in [6.45, 7) is 3.54. The lowest BCUT2D eigenvalue weighted by atomic mass is 9.99. The van der Waals surface area contributed by atoms with E-state index in [1.807, 2.05) is 24.0 Å². The molecule has 120 valence electrons. The van der Waals surface area contributed by atoms with Crippen LogP contribution in [0.5, 0.6) is 0 Å². The summed E-state index contributed by atoms with van der Waals surface area (Å²) in [4.78, 5) is 19.2. The van der Waals surface area contributed by atoms with Crippen molar-refractivity contribution in [2.75, 3.05) is 19.7 Å². The molecule has 1 amide bonds. The minimum atomic E-state index is -0.241. The van der Waals surface area contributed by atoms with Crippen LogP contribution in [0.25, 0.3) is 0 Å². The van der Waals surface area contributed by atoms with Gasteiger partial charge in [0.15, 0.2) is 5.82 Å². The third-order valence-electron chi connectivity index (χ3n) is 4.71. The monoisotopic (exact) mass is 312 g/mol. The number of rotatable bonds is 2. The van der Waals surface area contributed by atoms with Crippen LogP contribution in [0.1, 0.15) is 41.2 Å². The first-order chi connectivity index (χ1) is 11.2. The molecule has 2 atom stereocenters. The molecule has 2 heterocycles. The number of nitrogens with zero attached hydrogens (tertiary/aromatic N) is 3. The highest BCUT2D eigenvalue weighted by Crippen LogP contribution is 2.35. The van der Waals surface area contributed by atoms with E-state index in [-0.39, 0.29) is 17.9 Å². The summed E-state index contributed by atoms with van der Waals surface area (Å²) in [5.74, 6) is 1.58. The average Bonchev–Trinajstić information content (AvgIpc) is 3.20. The van der Waals surface area contributed by atoms with Crippen molar-refractivity contribution in [2.45, 2.75) is 31.8 Å². The van der Waals surface area contributed by atoms with Crippen LogP contribution in [0.4, 0.5) is 0 Å². The quantitative estimate of drug-likeness (QED) is 0.917. The SMILES string of the molecule is Cc1nc([C@@H]2CN(C(=O)[C@H]3CCc4ccccc43)CCO2)n[nH]1. The van der Waals surface area contributed by atoms with E-state index in [1.165, 1.54) is 11.1 Å². The normalized spacial score (nSPS) is 23.8. The minimum Gasteiger partial charge on any atom is -0.366 e. The molecular formula is C17H20N4O2. The maximum atomic E-state index is 13.0. The highest BCUT2D eigenvalue weighted by Gasteiger charge is 2.35. The van der Waals surface area contributed by atoms with Crippen molar-refractivity contribution in [1.29, 1.82) is 0 Å². The number of aromatic amines is 1. The zero-order valence-electron chi connectivity index (χ0n) is 13.2. The van der Waals surface area contributed by atoms with Crippen LogP contribution in [-0.4, -0.2) is 45.7 Å². The van der Waals surface area contributed by atoms with E-state index >= 15 is 0 Å². The summed E-state index contributed by atoms with van der Waals surface area (Å²) in [5.41, 5.74) is 2.49. The molecule has 1 aliphatic carbocycles. The van der Waals surface area contributed by atoms with Gasteiger partial charge in [-0.3, -0.25) is 9.89 Å². The molecule has 1 fully saturated rings. The Bertz CT molecular complexity index is 727. The predicted octanol–water partition coefficient (Wildman–Crippen LogP) is 1.74. The van der Waals surface area contributed by atoms with Crippen LogP contribution in [0.15, 0.2) is 24.3 Å². The van der Waals surface area contributed by atoms with Gasteiger partial charge in [0, 0.05) is 6.54 Å². The van der Waals surface area contributed by atoms with Crippen LogP contribution in [0.2, 0.25) is 0 Å². The summed E-state index contributed by atoms with van der Waals surface area (Å²) in [5, 5.41) is 7.00. The van der Waals surface area contributed by atoms with Gasteiger partial charge < -0.3 is 9.64 Å². The van der Waals surface area contributed by atoms with Crippen LogP contribution < -0.4 is 0 Å². The molecule has 1 aliphatic heterocycles. The van der Waals surface area contributed by atoms with E-state index in [9.17, 15) is 4.79 Å². The lowest BCUT2D eigenvalue weighted by Crippen LogP contribution is -2.44. The van der Waals surface area contributed by atoms with E-state index in [2.05, 4.69) is 27.3 Å². The number of hydrogen-bond donors (Lipinski definition) is 1. The number of ether oxygens (including phenoxy) is 1. The van der Waals surface area contributed by atoms with Crippen molar-refractivity contribution in [3.63, 3.8) is 0 Å². The molecule has 1 N–H and O–H groups in total. The molecule has 0 bridgehead atoms. The Labute approximate surface area is 134 Å². The van der Waals surface area contributed by atoms with E-state index in [4.69, 9.17) is 4.74 Å². The van der Waals surface area contributed by atoms with Crippen LogP contribution in [-0.2, 0) is 16.0 Å². The Morgan fingerprint density at radius 3 is 3.09 bits per heavy atom. The number of fused-ring (bicyclic) bond motifs is 1. The molecule has 6 heteroatoms. The van der Waals surface area contributed by atoms with Crippen molar-refractivity contribution in [1.82, 2.24) is 20.1 Å². The first-order valence-electron chi connectivity index (χ1n) is 8.09. The highest BCUT2D eigenvalue weighted by molar-refractivity contribution is 5.85. The molecule has 4 rings (SSSR count). The van der Waals surface area contributed by atoms with Gasteiger partial charge in [0.1, 0.15) is 11.9 Å². The molecular weight excluding hydrogens is 292 g/mol. The molecule has 0 unspecified atom stereocenters. The second-order valence-corrected chi connectivity index (χ2v) is 6.21. The van der Waals surface area contributed by atoms with Crippen LogP contribution in [0.3, 0.4) is 0 Å². The van der Waals surface area contributed by atoms with Gasteiger partial charge in [-0.2, -0.15) is 5.10 Å². The van der Waals surface area contributed by atoms with E-state index in [0.29, 0.717) is 25.5 Å². The van der Waals surface area contributed by atoms with E-state index < -0.39 is 0 Å². The van der Waals surface area contributed by atoms with Gasteiger partial charge in [0.05, 0.1) is 19.1 Å². The minimum absolute atomic E-state index is 0.0150. The number of amides is 1. The van der Waals surface area contributed by atoms with Crippen LogP contribution in [0, 0.1) is 6.92 Å². The number of benzene rings is 1. The fourth-order valence-electron chi connectivity index (χ4n) is 3.54. The molecule has 0 radical (unpaired) electrons. The number of H-pyrrole nitrogens is 1. The molecule has 2 aliphatic rings. The number of hydrogen-bond acceptors (Lipinski definition) is 4. The first-order valence-corrected chi connectivity index (χ1v) is 8.09. The Morgan fingerprint density at radius 1 is 1.39 bits per heavy atom. The number of aryl methyl sites for hydroxylation is 2. The van der Waals surface area contributed by atoms with Gasteiger partial charge in [-0.1, -0.05) is 24.3 Å². The molecule has 23 heavy (non-hydrogen) atoms. The van der Waals surface area contributed by atoms with Gasteiger partial charge in [-0.15, -0.1) is 0 Å². The number of aromatic nitrogens is 3. The first kappa shape index (κ1) is 14.4. The molecule has 1 saturated heterocycles. The largest absolute Gasteiger partial charge is 0.366 e. The Hall–Kier alpha value is -2.21. The number of carbonyl (C=O) groups is 1. The molecule has 0 saturated carbocycles. The lowest BCUT2D eigenvalue weighted by molar-refractivity contribution is -0.140. The molecule has 2 aromatic rings. The smallest absolute Gasteiger partial charge is 0.230 e. The fraction of sp³-hybridized carbons (Fsp3) is 0.471. The fourth-order valence-corrected chi connectivity index (χ4v) is 3.54. The molecule has 6 nitrogen and oxygen atoms in total. The van der Waals surface area contributed by atoms with Gasteiger partial charge in [-0.25, -0.2) is 4.98 Å². The molecule has 1 aromatic heterocycles. The summed E-state index contributed by atoms with van der Waals surface area (Å²) in [6.07, 6.45) is 1.65. The molecule has 1 aromatic carbocycles. The van der Waals surface area contributed by atoms with Crippen molar-refractivity contribution in [3.8, 4) is 0 Å². The maximum Gasteiger partial charge on any atom is 0.230 e. The highest BCUT2D eigenvalue weighted by atomic mass is 16.5. The lowest BCUT2D eigenvalue weighted by Gasteiger charge is -2.33. The predicted molar refractivity (Wildman–Crippen MR) is 83.9 cm³/mol. The van der Waals surface area contributed by atoms with Crippen LogP contribution >= 0.6 is 0 Å².